The summed E-state index contributed by atoms with van der Waals surface area (Å²) in [4.78, 5) is 11.6. The number of hydrogen-bond donors (Lipinski definition) is 1. The van der Waals surface area contributed by atoms with Gasteiger partial charge in [0.15, 0.2) is 6.61 Å². The number of carbonyl (C=O) groups is 1. The van der Waals surface area contributed by atoms with E-state index in [1.165, 1.54) is 6.21 Å². The van der Waals surface area contributed by atoms with Gasteiger partial charge in [-0.2, -0.15) is 5.10 Å². The molecule has 0 fully saturated rings. The van der Waals surface area contributed by atoms with Crippen LogP contribution in [0.3, 0.4) is 0 Å². The third-order valence-corrected chi connectivity index (χ3v) is 2.90. The standard InChI is InChI=1S/C16H15ClN2O3/c1-21-14-6-2-4-12(8-14)10-18-19-16(20)11-22-15-7-3-5-13(17)9-15/h2-10H,11H2,1H3,(H,19,20)/b18-10+. The average Bonchev–Trinajstić information content (AvgIpc) is 2.53. The van der Waals surface area contributed by atoms with Crippen molar-refractivity contribution in [2.75, 3.05) is 13.7 Å². The Kier molecular flexibility index (Phi) is 5.80. The molecule has 0 heterocycles. The molecule has 0 radical (unpaired) electrons. The zero-order valence-corrected chi connectivity index (χ0v) is 12.7. The largest absolute Gasteiger partial charge is 0.497 e. The van der Waals surface area contributed by atoms with Gasteiger partial charge in [0.2, 0.25) is 0 Å². The highest BCUT2D eigenvalue weighted by Crippen LogP contribution is 2.16. The van der Waals surface area contributed by atoms with E-state index in [-0.39, 0.29) is 12.5 Å². The minimum Gasteiger partial charge on any atom is -0.497 e. The summed E-state index contributed by atoms with van der Waals surface area (Å²) in [5, 5.41) is 4.41. The van der Waals surface area contributed by atoms with Gasteiger partial charge >= 0.3 is 0 Å². The lowest BCUT2D eigenvalue weighted by Crippen LogP contribution is -2.24. The molecular formula is C16H15ClN2O3. The predicted octanol–water partition coefficient (Wildman–Crippen LogP) is 2.88. The second-order valence-corrected chi connectivity index (χ2v) is 4.75. The van der Waals surface area contributed by atoms with Gasteiger partial charge in [-0.05, 0) is 35.9 Å². The molecule has 0 bridgehead atoms. The van der Waals surface area contributed by atoms with Gasteiger partial charge < -0.3 is 9.47 Å². The fourth-order valence-electron chi connectivity index (χ4n) is 1.64. The Morgan fingerprint density at radius 2 is 2.00 bits per heavy atom. The van der Waals surface area contributed by atoms with E-state index in [0.29, 0.717) is 10.8 Å². The van der Waals surface area contributed by atoms with E-state index in [9.17, 15) is 4.79 Å². The molecular weight excluding hydrogens is 304 g/mol. The van der Waals surface area contributed by atoms with Gasteiger partial charge in [0.1, 0.15) is 11.5 Å². The number of hydrazone groups is 1. The lowest BCUT2D eigenvalue weighted by atomic mass is 10.2. The summed E-state index contributed by atoms with van der Waals surface area (Å²) in [7, 11) is 1.59. The number of hydrogen-bond acceptors (Lipinski definition) is 4. The van der Waals surface area contributed by atoms with Gasteiger partial charge in [0.25, 0.3) is 5.91 Å². The van der Waals surface area contributed by atoms with E-state index in [0.717, 1.165) is 11.3 Å². The lowest BCUT2D eigenvalue weighted by Gasteiger charge is -2.05. The highest BCUT2D eigenvalue weighted by Gasteiger charge is 2.01. The van der Waals surface area contributed by atoms with Gasteiger partial charge in [0, 0.05) is 5.02 Å². The Bertz CT molecular complexity index is 674. The van der Waals surface area contributed by atoms with Crippen molar-refractivity contribution in [2.45, 2.75) is 0 Å². The SMILES string of the molecule is COc1cccc(/C=N/NC(=O)COc2cccc(Cl)c2)c1. The zero-order chi connectivity index (χ0) is 15.8. The molecule has 114 valence electrons. The smallest absolute Gasteiger partial charge is 0.277 e. The number of carbonyl (C=O) groups excluding carboxylic acids is 1. The molecule has 2 aromatic rings. The molecule has 0 saturated heterocycles. The van der Waals surface area contributed by atoms with Crippen LogP contribution in [0.4, 0.5) is 0 Å². The van der Waals surface area contributed by atoms with E-state index >= 15 is 0 Å². The van der Waals surface area contributed by atoms with Crippen molar-refractivity contribution in [3.8, 4) is 11.5 Å². The van der Waals surface area contributed by atoms with Crippen molar-refractivity contribution in [2.24, 2.45) is 5.10 Å². The predicted molar refractivity (Wildman–Crippen MR) is 85.7 cm³/mol. The number of nitrogens with one attached hydrogen (secondary N) is 1. The molecule has 22 heavy (non-hydrogen) atoms. The topological polar surface area (TPSA) is 59.9 Å². The van der Waals surface area contributed by atoms with Crippen LogP contribution in [0.15, 0.2) is 53.6 Å². The molecule has 5 nitrogen and oxygen atoms in total. The molecule has 0 spiro atoms. The molecule has 1 amide bonds. The maximum Gasteiger partial charge on any atom is 0.277 e. The van der Waals surface area contributed by atoms with E-state index in [4.69, 9.17) is 21.1 Å². The molecule has 0 aromatic heterocycles. The molecule has 6 heteroatoms. The van der Waals surface area contributed by atoms with Crippen molar-refractivity contribution in [1.29, 1.82) is 0 Å². The Morgan fingerprint density at radius 1 is 1.23 bits per heavy atom. The summed E-state index contributed by atoms with van der Waals surface area (Å²) in [6.07, 6.45) is 1.53. The highest BCUT2D eigenvalue weighted by atomic mass is 35.5. The van der Waals surface area contributed by atoms with Crippen LogP contribution >= 0.6 is 11.6 Å². The normalized spacial score (nSPS) is 10.5. The van der Waals surface area contributed by atoms with E-state index in [1.54, 1.807) is 37.4 Å². The third kappa shape index (κ3) is 5.10. The zero-order valence-electron chi connectivity index (χ0n) is 12.0. The number of rotatable bonds is 6. The Morgan fingerprint density at radius 3 is 2.77 bits per heavy atom. The summed E-state index contributed by atoms with van der Waals surface area (Å²) < 4.78 is 10.4. The molecule has 0 unspecified atom stereocenters. The van der Waals surface area contributed by atoms with Crippen LogP contribution in [0.1, 0.15) is 5.56 Å². The Labute approximate surface area is 133 Å². The fourth-order valence-corrected chi connectivity index (χ4v) is 1.82. The minimum absolute atomic E-state index is 0.143. The number of methoxy groups -OCH3 is 1. The van der Waals surface area contributed by atoms with Gasteiger partial charge in [-0.1, -0.05) is 29.8 Å². The third-order valence-electron chi connectivity index (χ3n) is 2.66. The first-order valence-corrected chi connectivity index (χ1v) is 6.89. The monoisotopic (exact) mass is 318 g/mol. The fraction of sp³-hybridized carbons (Fsp3) is 0.125. The first kappa shape index (κ1) is 15.9. The van der Waals surface area contributed by atoms with Crippen LogP contribution in [-0.4, -0.2) is 25.8 Å². The number of nitrogens with zero attached hydrogens (tertiary/aromatic N) is 1. The Hall–Kier alpha value is -2.53. The molecule has 2 rings (SSSR count). The number of amides is 1. The van der Waals surface area contributed by atoms with Crippen molar-refractivity contribution in [3.63, 3.8) is 0 Å². The molecule has 0 saturated carbocycles. The van der Waals surface area contributed by atoms with Crippen LogP contribution in [0.25, 0.3) is 0 Å². The van der Waals surface area contributed by atoms with Crippen molar-refractivity contribution >= 4 is 23.7 Å². The van der Waals surface area contributed by atoms with Crippen LogP contribution in [0.2, 0.25) is 5.02 Å². The van der Waals surface area contributed by atoms with E-state index < -0.39 is 0 Å². The summed E-state index contributed by atoms with van der Waals surface area (Å²) in [6.45, 7) is -0.143. The molecule has 0 aliphatic heterocycles. The second-order valence-electron chi connectivity index (χ2n) is 4.32. The number of ether oxygens (including phenoxy) is 2. The summed E-state index contributed by atoms with van der Waals surface area (Å²) in [5.41, 5.74) is 3.20. The summed E-state index contributed by atoms with van der Waals surface area (Å²) >= 11 is 5.82. The first-order valence-electron chi connectivity index (χ1n) is 6.52. The first-order chi connectivity index (χ1) is 10.7. The van der Waals surface area contributed by atoms with E-state index in [1.807, 2.05) is 18.2 Å². The van der Waals surface area contributed by atoms with Gasteiger partial charge in [-0.25, -0.2) is 5.43 Å². The quantitative estimate of drug-likeness (QED) is 0.658. The lowest BCUT2D eigenvalue weighted by molar-refractivity contribution is -0.123. The average molecular weight is 319 g/mol. The van der Waals surface area contributed by atoms with Crippen molar-refractivity contribution in [1.82, 2.24) is 5.43 Å². The number of halogens is 1. The van der Waals surface area contributed by atoms with Gasteiger partial charge in [0.05, 0.1) is 13.3 Å². The van der Waals surface area contributed by atoms with E-state index in [2.05, 4.69) is 10.5 Å². The van der Waals surface area contributed by atoms with Gasteiger partial charge in [-0.3, -0.25) is 4.79 Å². The van der Waals surface area contributed by atoms with Crippen LogP contribution in [0.5, 0.6) is 11.5 Å². The van der Waals surface area contributed by atoms with Crippen molar-refractivity contribution in [3.05, 3.63) is 59.1 Å². The van der Waals surface area contributed by atoms with Gasteiger partial charge in [-0.15, -0.1) is 0 Å². The Balaban J connectivity index is 1.81. The molecule has 0 atom stereocenters. The highest BCUT2D eigenvalue weighted by molar-refractivity contribution is 6.30. The maximum absolute atomic E-state index is 11.6. The minimum atomic E-state index is -0.362. The molecule has 2 aromatic carbocycles. The van der Waals surface area contributed by atoms with Crippen molar-refractivity contribution < 1.29 is 14.3 Å². The number of benzene rings is 2. The second kappa shape index (κ2) is 8.05. The van der Waals surface area contributed by atoms with Crippen LogP contribution < -0.4 is 14.9 Å². The van der Waals surface area contributed by atoms with Crippen LogP contribution in [-0.2, 0) is 4.79 Å². The molecule has 0 aliphatic carbocycles. The summed E-state index contributed by atoms with van der Waals surface area (Å²) in [6, 6.07) is 14.1. The molecule has 1 N–H and O–H groups in total. The maximum atomic E-state index is 11.6. The molecule has 0 aliphatic rings. The summed E-state index contributed by atoms with van der Waals surface area (Å²) in [5.74, 6) is 0.887. The van der Waals surface area contributed by atoms with Crippen LogP contribution in [0, 0.1) is 0 Å².